The molecule has 0 amide bonds. The van der Waals surface area contributed by atoms with Crippen molar-refractivity contribution in [2.75, 3.05) is 7.11 Å². The molecule has 1 aromatic heterocycles. The van der Waals surface area contributed by atoms with Crippen LogP contribution in [-0.2, 0) is 0 Å². The summed E-state index contributed by atoms with van der Waals surface area (Å²) in [5, 5.41) is 8.09. The van der Waals surface area contributed by atoms with Crippen LogP contribution >= 0.6 is 11.8 Å². The molecule has 6 heteroatoms. The summed E-state index contributed by atoms with van der Waals surface area (Å²) >= 11 is 1.25. The van der Waals surface area contributed by atoms with Gasteiger partial charge in [-0.05, 0) is 43.3 Å². The smallest absolute Gasteiger partial charge is 0.277 e. The Morgan fingerprint density at radius 2 is 1.79 bits per heavy atom. The first-order valence-corrected chi connectivity index (χ1v) is 8.29. The molecule has 122 valence electrons. The molecule has 0 saturated heterocycles. The molecule has 0 radical (unpaired) electrons. The Labute approximate surface area is 144 Å². The van der Waals surface area contributed by atoms with Crippen molar-refractivity contribution in [2.45, 2.75) is 17.4 Å². The lowest BCUT2D eigenvalue weighted by atomic mass is 10.1. The van der Waals surface area contributed by atoms with Crippen LogP contribution in [-0.4, -0.2) is 28.3 Å². The molecule has 0 aliphatic heterocycles. The van der Waals surface area contributed by atoms with Crippen molar-refractivity contribution in [3.8, 4) is 17.2 Å². The summed E-state index contributed by atoms with van der Waals surface area (Å²) in [6, 6.07) is 16.6. The van der Waals surface area contributed by atoms with E-state index in [2.05, 4.69) is 10.2 Å². The van der Waals surface area contributed by atoms with Crippen molar-refractivity contribution < 1.29 is 13.9 Å². The van der Waals surface area contributed by atoms with Crippen LogP contribution in [0.3, 0.4) is 0 Å². The highest BCUT2D eigenvalue weighted by Crippen LogP contribution is 2.28. The predicted octanol–water partition coefficient (Wildman–Crippen LogP) is 4.11. The number of carbonyl (C=O) groups excluding carboxylic acids is 1. The van der Waals surface area contributed by atoms with Crippen molar-refractivity contribution in [3.63, 3.8) is 0 Å². The zero-order valence-electron chi connectivity index (χ0n) is 13.3. The highest BCUT2D eigenvalue weighted by molar-refractivity contribution is 8.00. The Morgan fingerprint density at radius 3 is 2.46 bits per heavy atom. The van der Waals surface area contributed by atoms with Gasteiger partial charge in [0.15, 0.2) is 5.78 Å². The van der Waals surface area contributed by atoms with Gasteiger partial charge >= 0.3 is 0 Å². The van der Waals surface area contributed by atoms with Crippen molar-refractivity contribution >= 4 is 17.5 Å². The van der Waals surface area contributed by atoms with E-state index in [0.717, 1.165) is 11.3 Å². The lowest BCUT2D eigenvalue weighted by Gasteiger charge is -2.08. The Bertz CT molecular complexity index is 816. The van der Waals surface area contributed by atoms with Crippen LogP contribution in [0.4, 0.5) is 0 Å². The first kappa shape index (κ1) is 16.3. The van der Waals surface area contributed by atoms with Crippen LogP contribution < -0.4 is 4.74 Å². The van der Waals surface area contributed by atoms with Crippen molar-refractivity contribution in [2.24, 2.45) is 0 Å². The average Bonchev–Trinajstić information content (AvgIpc) is 3.10. The van der Waals surface area contributed by atoms with Gasteiger partial charge in [-0.1, -0.05) is 30.0 Å². The van der Waals surface area contributed by atoms with Gasteiger partial charge in [0, 0.05) is 11.1 Å². The van der Waals surface area contributed by atoms with E-state index in [4.69, 9.17) is 9.15 Å². The summed E-state index contributed by atoms with van der Waals surface area (Å²) in [6.45, 7) is 1.82. The van der Waals surface area contributed by atoms with E-state index in [-0.39, 0.29) is 11.0 Å². The minimum Gasteiger partial charge on any atom is -0.497 e. The standard InChI is InChI=1S/C18H16N2O3S/c1-12(16(21)13-8-10-15(22-2)11-9-13)24-18-20-19-17(23-18)14-6-4-3-5-7-14/h3-12H,1-2H3. The van der Waals surface area contributed by atoms with Gasteiger partial charge in [-0.25, -0.2) is 0 Å². The third kappa shape index (κ3) is 3.65. The monoisotopic (exact) mass is 340 g/mol. The predicted molar refractivity (Wildman–Crippen MR) is 92.4 cm³/mol. The number of hydrogen-bond acceptors (Lipinski definition) is 6. The summed E-state index contributed by atoms with van der Waals surface area (Å²) in [4.78, 5) is 12.5. The van der Waals surface area contributed by atoms with Gasteiger partial charge in [0.05, 0.1) is 12.4 Å². The highest BCUT2D eigenvalue weighted by atomic mass is 32.2. The fourth-order valence-corrected chi connectivity index (χ4v) is 2.91. The minimum atomic E-state index is -0.331. The van der Waals surface area contributed by atoms with Gasteiger partial charge < -0.3 is 9.15 Å². The number of methoxy groups -OCH3 is 1. The molecular formula is C18H16N2O3S. The number of rotatable bonds is 6. The van der Waals surface area contributed by atoms with Gasteiger partial charge in [0.1, 0.15) is 5.75 Å². The molecule has 3 rings (SSSR count). The number of benzene rings is 2. The maximum Gasteiger partial charge on any atom is 0.277 e. The number of carbonyl (C=O) groups is 1. The largest absolute Gasteiger partial charge is 0.497 e. The van der Waals surface area contributed by atoms with E-state index >= 15 is 0 Å². The fraction of sp³-hybridized carbons (Fsp3) is 0.167. The zero-order chi connectivity index (χ0) is 16.9. The Morgan fingerprint density at radius 1 is 1.08 bits per heavy atom. The van der Waals surface area contributed by atoms with E-state index in [9.17, 15) is 4.79 Å². The lowest BCUT2D eigenvalue weighted by molar-refractivity contribution is 0.0993. The number of aromatic nitrogens is 2. The molecule has 0 aliphatic carbocycles. The molecule has 3 aromatic rings. The molecular weight excluding hydrogens is 324 g/mol. The normalized spacial score (nSPS) is 11.9. The molecule has 1 heterocycles. The molecule has 2 aromatic carbocycles. The van der Waals surface area contributed by atoms with Crippen molar-refractivity contribution in [3.05, 3.63) is 60.2 Å². The second-order valence-electron chi connectivity index (χ2n) is 5.09. The van der Waals surface area contributed by atoms with E-state index in [0.29, 0.717) is 16.7 Å². The van der Waals surface area contributed by atoms with Gasteiger partial charge in [-0.3, -0.25) is 4.79 Å². The molecule has 0 spiro atoms. The van der Waals surface area contributed by atoms with E-state index in [1.54, 1.807) is 31.4 Å². The summed E-state index contributed by atoms with van der Waals surface area (Å²) in [5.74, 6) is 1.17. The zero-order valence-corrected chi connectivity index (χ0v) is 14.1. The number of thioether (sulfide) groups is 1. The van der Waals surface area contributed by atoms with Crippen LogP contribution in [0.25, 0.3) is 11.5 Å². The number of ketones is 1. The Hall–Kier alpha value is -2.60. The van der Waals surface area contributed by atoms with E-state index in [1.165, 1.54) is 11.8 Å². The van der Waals surface area contributed by atoms with Crippen LogP contribution in [0, 0.1) is 0 Å². The lowest BCUT2D eigenvalue weighted by Crippen LogP contribution is -2.13. The maximum absolute atomic E-state index is 12.5. The van der Waals surface area contributed by atoms with Crippen LogP contribution in [0.1, 0.15) is 17.3 Å². The van der Waals surface area contributed by atoms with Crippen LogP contribution in [0.15, 0.2) is 64.2 Å². The average molecular weight is 340 g/mol. The van der Waals surface area contributed by atoms with E-state index < -0.39 is 0 Å². The quantitative estimate of drug-likeness (QED) is 0.497. The van der Waals surface area contributed by atoms with Gasteiger partial charge in [-0.2, -0.15) is 0 Å². The molecule has 0 aliphatic rings. The minimum absolute atomic E-state index is 0.00196. The molecule has 1 unspecified atom stereocenters. The molecule has 0 fully saturated rings. The first-order chi connectivity index (χ1) is 11.7. The molecule has 0 bridgehead atoms. The van der Waals surface area contributed by atoms with Gasteiger partial charge in [0.2, 0.25) is 5.89 Å². The molecule has 5 nitrogen and oxygen atoms in total. The molecule has 0 N–H and O–H groups in total. The van der Waals surface area contributed by atoms with Crippen molar-refractivity contribution in [1.29, 1.82) is 0 Å². The van der Waals surface area contributed by atoms with Crippen LogP contribution in [0.5, 0.6) is 5.75 Å². The maximum atomic E-state index is 12.5. The third-order valence-electron chi connectivity index (χ3n) is 3.45. The fourth-order valence-electron chi connectivity index (χ4n) is 2.15. The molecule has 0 saturated carbocycles. The molecule has 24 heavy (non-hydrogen) atoms. The van der Waals surface area contributed by atoms with Gasteiger partial charge in [0.25, 0.3) is 5.22 Å². The topological polar surface area (TPSA) is 65.2 Å². The summed E-state index contributed by atoms with van der Waals surface area (Å²) in [7, 11) is 1.59. The highest BCUT2D eigenvalue weighted by Gasteiger charge is 2.20. The second kappa shape index (κ2) is 7.31. The second-order valence-corrected chi connectivity index (χ2v) is 6.38. The third-order valence-corrected chi connectivity index (χ3v) is 4.38. The Kier molecular flexibility index (Phi) is 4.96. The SMILES string of the molecule is COc1ccc(C(=O)C(C)Sc2nnc(-c3ccccc3)o2)cc1. The Balaban J connectivity index is 1.69. The van der Waals surface area contributed by atoms with Gasteiger partial charge in [-0.15, -0.1) is 10.2 Å². The van der Waals surface area contributed by atoms with E-state index in [1.807, 2.05) is 37.3 Å². The number of Topliss-reactive ketones (excluding diaryl/α,β-unsaturated/α-hetero) is 1. The van der Waals surface area contributed by atoms with Crippen LogP contribution in [0.2, 0.25) is 0 Å². The summed E-state index contributed by atoms with van der Waals surface area (Å²) < 4.78 is 10.7. The first-order valence-electron chi connectivity index (χ1n) is 7.41. The number of nitrogens with zero attached hydrogens (tertiary/aromatic N) is 2. The number of ether oxygens (including phenoxy) is 1. The number of hydrogen-bond donors (Lipinski definition) is 0. The van der Waals surface area contributed by atoms with Crippen molar-refractivity contribution in [1.82, 2.24) is 10.2 Å². The summed E-state index contributed by atoms with van der Waals surface area (Å²) in [5.41, 5.74) is 1.48. The summed E-state index contributed by atoms with van der Waals surface area (Å²) in [6.07, 6.45) is 0. The molecule has 1 atom stereocenters.